The second-order valence-electron chi connectivity index (χ2n) is 6.47. The normalized spacial score (nSPS) is 18.4. The van der Waals surface area contributed by atoms with E-state index in [-0.39, 0.29) is 23.8 Å². The molecule has 1 N–H and O–H groups in total. The van der Waals surface area contributed by atoms with E-state index in [0.29, 0.717) is 12.3 Å². The zero-order valence-electron chi connectivity index (χ0n) is 13.5. The number of likely N-dealkylation sites (N-methyl/N-ethyl adjacent to an activating group) is 1. The van der Waals surface area contributed by atoms with Crippen LogP contribution in [0.3, 0.4) is 0 Å². The van der Waals surface area contributed by atoms with Crippen LogP contribution in [0, 0.1) is 11.8 Å². The molecule has 0 bridgehead atoms. The average molecular weight is 283 g/mol. The zero-order chi connectivity index (χ0) is 15.3. The highest BCUT2D eigenvalue weighted by Crippen LogP contribution is 2.11. The fraction of sp³-hybridized carbons (Fsp3) is 0.867. The van der Waals surface area contributed by atoms with Crippen LogP contribution < -0.4 is 5.32 Å². The maximum Gasteiger partial charge on any atom is 0.245 e. The summed E-state index contributed by atoms with van der Waals surface area (Å²) in [5.74, 6) is 0.313. The molecule has 1 atom stereocenters. The van der Waals surface area contributed by atoms with Gasteiger partial charge in [-0.2, -0.15) is 0 Å². The SMILES string of the molecule is CC(C)C[C@@H](NC(=O)C(C)C)C(=O)N1CCN(C)CC1. The van der Waals surface area contributed by atoms with Crippen LogP contribution in [0.1, 0.15) is 34.1 Å². The van der Waals surface area contributed by atoms with Gasteiger partial charge in [-0.1, -0.05) is 27.7 Å². The molecule has 0 spiro atoms. The highest BCUT2D eigenvalue weighted by atomic mass is 16.2. The molecular weight excluding hydrogens is 254 g/mol. The Morgan fingerprint density at radius 3 is 2.05 bits per heavy atom. The van der Waals surface area contributed by atoms with Crippen molar-refractivity contribution in [3.8, 4) is 0 Å². The molecule has 1 saturated heterocycles. The van der Waals surface area contributed by atoms with E-state index in [9.17, 15) is 9.59 Å². The Labute approximate surface area is 122 Å². The molecule has 1 aliphatic heterocycles. The third kappa shape index (κ3) is 5.12. The summed E-state index contributed by atoms with van der Waals surface area (Å²) in [6, 6.07) is -0.381. The number of amides is 2. The Morgan fingerprint density at radius 2 is 1.60 bits per heavy atom. The van der Waals surface area contributed by atoms with Crippen molar-refractivity contribution in [1.82, 2.24) is 15.1 Å². The summed E-state index contributed by atoms with van der Waals surface area (Å²) in [6.45, 7) is 11.2. The van der Waals surface area contributed by atoms with Gasteiger partial charge in [-0.05, 0) is 19.4 Å². The van der Waals surface area contributed by atoms with Crippen LogP contribution in [0.2, 0.25) is 0 Å². The Hall–Kier alpha value is -1.10. The minimum atomic E-state index is -0.381. The van der Waals surface area contributed by atoms with E-state index < -0.39 is 0 Å². The molecule has 5 nitrogen and oxygen atoms in total. The summed E-state index contributed by atoms with van der Waals surface area (Å²) in [5, 5.41) is 2.91. The number of hydrogen-bond donors (Lipinski definition) is 1. The van der Waals surface area contributed by atoms with Gasteiger partial charge < -0.3 is 15.1 Å². The van der Waals surface area contributed by atoms with Crippen molar-refractivity contribution >= 4 is 11.8 Å². The Kier molecular flexibility index (Phi) is 6.46. The van der Waals surface area contributed by atoms with Gasteiger partial charge in [-0.3, -0.25) is 9.59 Å². The largest absolute Gasteiger partial charge is 0.344 e. The third-order valence-electron chi connectivity index (χ3n) is 3.66. The lowest BCUT2D eigenvalue weighted by Gasteiger charge is -2.35. The smallest absolute Gasteiger partial charge is 0.245 e. The first-order chi connectivity index (χ1) is 9.31. The Morgan fingerprint density at radius 1 is 1.05 bits per heavy atom. The molecule has 116 valence electrons. The van der Waals surface area contributed by atoms with Crippen LogP contribution in [0.15, 0.2) is 0 Å². The highest BCUT2D eigenvalue weighted by Gasteiger charge is 2.28. The summed E-state index contributed by atoms with van der Waals surface area (Å²) in [6.07, 6.45) is 0.698. The van der Waals surface area contributed by atoms with Crippen LogP contribution in [-0.4, -0.2) is 60.9 Å². The van der Waals surface area contributed by atoms with Crippen molar-refractivity contribution in [3.05, 3.63) is 0 Å². The summed E-state index contributed by atoms with van der Waals surface area (Å²) >= 11 is 0. The van der Waals surface area contributed by atoms with Gasteiger partial charge in [-0.25, -0.2) is 0 Å². The lowest BCUT2D eigenvalue weighted by atomic mass is 10.0. The van der Waals surface area contributed by atoms with Crippen molar-refractivity contribution in [2.75, 3.05) is 33.2 Å². The highest BCUT2D eigenvalue weighted by molar-refractivity contribution is 5.88. The van der Waals surface area contributed by atoms with E-state index in [2.05, 4.69) is 31.1 Å². The summed E-state index contributed by atoms with van der Waals surface area (Å²) in [7, 11) is 2.06. The Balaban J connectivity index is 2.66. The first kappa shape index (κ1) is 17.0. The van der Waals surface area contributed by atoms with Crippen molar-refractivity contribution in [1.29, 1.82) is 0 Å². The molecule has 5 heteroatoms. The van der Waals surface area contributed by atoms with E-state index in [1.807, 2.05) is 18.7 Å². The van der Waals surface area contributed by atoms with E-state index >= 15 is 0 Å². The zero-order valence-corrected chi connectivity index (χ0v) is 13.5. The number of piperazine rings is 1. The summed E-state index contributed by atoms with van der Waals surface area (Å²) < 4.78 is 0. The molecule has 0 aliphatic carbocycles. The first-order valence-corrected chi connectivity index (χ1v) is 7.59. The molecule has 1 fully saturated rings. The fourth-order valence-corrected chi connectivity index (χ4v) is 2.28. The van der Waals surface area contributed by atoms with E-state index in [4.69, 9.17) is 0 Å². The van der Waals surface area contributed by atoms with Crippen LogP contribution >= 0.6 is 0 Å². The van der Waals surface area contributed by atoms with Gasteiger partial charge in [0.15, 0.2) is 0 Å². The topological polar surface area (TPSA) is 52.7 Å². The predicted octanol–water partition coefficient (Wildman–Crippen LogP) is 0.947. The molecule has 0 saturated carbocycles. The maximum absolute atomic E-state index is 12.6. The minimum absolute atomic E-state index is 0.0434. The number of nitrogens with zero attached hydrogens (tertiary/aromatic N) is 2. The number of carbonyl (C=O) groups excluding carboxylic acids is 2. The van der Waals surface area contributed by atoms with E-state index in [0.717, 1.165) is 26.2 Å². The van der Waals surface area contributed by atoms with Crippen molar-refractivity contribution in [3.63, 3.8) is 0 Å². The second kappa shape index (κ2) is 7.62. The maximum atomic E-state index is 12.6. The molecule has 20 heavy (non-hydrogen) atoms. The van der Waals surface area contributed by atoms with Gasteiger partial charge >= 0.3 is 0 Å². The van der Waals surface area contributed by atoms with Gasteiger partial charge in [0.1, 0.15) is 6.04 Å². The molecule has 0 radical (unpaired) electrons. The van der Waals surface area contributed by atoms with Gasteiger partial charge in [0, 0.05) is 32.1 Å². The van der Waals surface area contributed by atoms with E-state index in [1.165, 1.54) is 0 Å². The molecule has 1 heterocycles. The molecule has 1 aliphatic rings. The molecule has 1 rings (SSSR count). The average Bonchev–Trinajstić information content (AvgIpc) is 2.37. The van der Waals surface area contributed by atoms with Crippen LogP contribution in [0.4, 0.5) is 0 Å². The summed E-state index contributed by atoms with van der Waals surface area (Å²) in [4.78, 5) is 28.6. The monoisotopic (exact) mass is 283 g/mol. The van der Waals surface area contributed by atoms with Crippen LogP contribution in [0.25, 0.3) is 0 Å². The molecule has 0 aromatic rings. The van der Waals surface area contributed by atoms with Gasteiger partial charge in [-0.15, -0.1) is 0 Å². The third-order valence-corrected chi connectivity index (χ3v) is 3.66. The quantitative estimate of drug-likeness (QED) is 0.817. The molecule has 2 amide bonds. The second-order valence-corrected chi connectivity index (χ2v) is 6.47. The predicted molar refractivity (Wildman–Crippen MR) is 80.3 cm³/mol. The van der Waals surface area contributed by atoms with E-state index in [1.54, 1.807) is 0 Å². The Bertz CT molecular complexity index is 334. The molecule has 0 aromatic carbocycles. The van der Waals surface area contributed by atoms with Gasteiger partial charge in [0.05, 0.1) is 0 Å². The molecular formula is C15H29N3O2. The number of nitrogens with one attached hydrogen (secondary N) is 1. The van der Waals surface area contributed by atoms with Gasteiger partial charge in [0.25, 0.3) is 0 Å². The fourth-order valence-electron chi connectivity index (χ4n) is 2.28. The standard InChI is InChI=1S/C15H29N3O2/c1-11(2)10-13(16-14(19)12(3)4)15(20)18-8-6-17(5)7-9-18/h11-13H,6-10H2,1-5H3,(H,16,19)/t13-/m1/s1. The lowest BCUT2D eigenvalue weighted by molar-refractivity contribution is -0.138. The van der Waals surface area contributed by atoms with Crippen LogP contribution in [0.5, 0.6) is 0 Å². The minimum Gasteiger partial charge on any atom is -0.344 e. The van der Waals surface area contributed by atoms with Crippen LogP contribution in [-0.2, 0) is 9.59 Å². The van der Waals surface area contributed by atoms with Gasteiger partial charge in [0.2, 0.25) is 11.8 Å². The van der Waals surface area contributed by atoms with Crippen molar-refractivity contribution in [2.45, 2.75) is 40.2 Å². The first-order valence-electron chi connectivity index (χ1n) is 7.59. The van der Waals surface area contributed by atoms with Crippen molar-refractivity contribution < 1.29 is 9.59 Å². The lowest BCUT2D eigenvalue weighted by Crippen LogP contribution is -2.55. The molecule has 0 aromatic heterocycles. The number of hydrogen-bond acceptors (Lipinski definition) is 3. The number of rotatable bonds is 5. The molecule has 0 unspecified atom stereocenters. The summed E-state index contributed by atoms with van der Waals surface area (Å²) in [5.41, 5.74) is 0. The van der Waals surface area contributed by atoms with Crippen molar-refractivity contribution in [2.24, 2.45) is 11.8 Å². The number of carbonyl (C=O) groups is 2.